The molecule has 2 rings (SSSR count). The predicted octanol–water partition coefficient (Wildman–Crippen LogP) is 2.71. The second kappa shape index (κ2) is 3.71. The summed E-state index contributed by atoms with van der Waals surface area (Å²) in [4.78, 5) is 0. The Labute approximate surface area is 84.1 Å². The van der Waals surface area contributed by atoms with Gasteiger partial charge in [0.1, 0.15) is 5.75 Å². The minimum Gasteiger partial charge on any atom is -0.497 e. The smallest absolute Gasteiger partial charge is 0.119 e. The van der Waals surface area contributed by atoms with Crippen LogP contribution in [0.1, 0.15) is 24.3 Å². The van der Waals surface area contributed by atoms with Gasteiger partial charge in [-0.1, -0.05) is 12.1 Å². The van der Waals surface area contributed by atoms with Gasteiger partial charge in [0.15, 0.2) is 0 Å². The monoisotopic (exact) mass is 187 g/mol. The van der Waals surface area contributed by atoms with Gasteiger partial charge in [-0.25, -0.2) is 0 Å². The fraction of sp³-hybridized carbons (Fsp3) is 0.417. The summed E-state index contributed by atoms with van der Waals surface area (Å²) in [7, 11) is 1.68. The topological polar surface area (TPSA) is 33.0 Å². The van der Waals surface area contributed by atoms with E-state index in [0.717, 1.165) is 12.2 Å². The number of hydrogen-bond acceptors (Lipinski definition) is 2. The van der Waals surface area contributed by atoms with E-state index in [4.69, 9.17) is 10.00 Å². The molecule has 1 aromatic carbocycles. The number of methoxy groups -OCH3 is 1. The lowest BCUT2D eigenvalue weighted by Crippen LogP contribution is -1.86. The molecule has 1 fully saturated rings. The summed E-state index contributed by atoms with van der Waals surface area (Å²) < 4.78 is 5.16. The lowest BCUT2D eigenvalue weighted by atomic mass is 10.1. The Morgan fingerprint density at radius 1 is 1.57 bits per heavy atom. The lowest BCUT2D eigenvalue weighted by molar-refractivity contribution is 0.414. The Morgan fingerprint density at radius 3 is 3.14 bits per heavy atom. The lowest BCUT2D eigenvalue weighted by Gasteiger charge is -2.02. The van der Waals surface area contributed by atoms with Crippen molar-refractivity contribution in [2.24, 2.45) is 5.92 Å². The minimum atomic E-state index is 0.576. The van der Waals surface area contributed by atoms with Gasteiger partial charge in [-0.3, -0.25) is 0 Å². The number of ether oxygens (including phenoxy) is 1. The molecule has 2 heteroatoms. The van der Waals surface area contributed by atoms with Crippen molar-refractivity contribution >= 4 is 0 Å². The molecule has 2 atom stereocenters. The molecule has 1 aliphatic carbocycles. The van der Waals surface area contributed by atoms with Crippen molar-refractivity contribution in [2.75, 3.05) is 7.11 Å². The summed E-state index contributed by atoms with van der Waals surface area (Å²) in [6.45, 7) is 0. The van der Waals surface area contributed by atoms with Crippen LogP contribution in [-0.2, 0) is 0 Å². The van der Waals surface area contributed by atoms with Crippen molar-refractivity contribution in [3.63, 3.8) is 0 Å². The largest absolute Gasteiger partial charge is 0.497 e. The van der Waals surface area contributed by atoms with Gasteiger partial charge in [0.2, 0.25) is 0 Å². The normalized spacial score (nSPS) is 24.0. The van der Waals surface area contributed by atoms with Crippen LogP contribution >= 0.6 is 0 Å². The van der Waals surface area contributed by atoms with Crippen molar-refractivity contribution < 1.29 is 4.74 Å². The molecule has 1 aromatic rings. The second-order valence-electron chi connectivity index (χ2n) is 3.74. The third-order valence-corrected chi connectivity index (χ3v) is 2.80. The Balaban J connectivity index is 2.08. The van der Waals surface area contributed by atoms with Gasteiger partial charge in [0, 0.05) is 6.42 Å². The van der Waals surface area contributed by atoms with E-state index in [-0.39, 0.29) is 0 Å². The molecule has 2 nitrogen and oxygen atoms in total. The van der Waals surface area contributed by atoms with Gasteiger partial charge in [0.05, 0.1) is 13.2 Å². The summed E-state index contributed by atoms with van der Waals surface area (Å²) in [6.07, 6.45) is 1.84. The molecule has 0 radical (unpaired) electrons. The number of benzene rings is 1. The zero-order valence-corrected chi connectivity index (χ0v) is 8.23. The highest BCUT2D eigenvalue weighted by Gasteiger charge is 2.37. The summed E-state index contributed by atoms with van der Waals surface area (Å²) in [6, 6.07) is 10.4. The molecule has 1 saturated carbocycles. The predicted molar refractivity (Wildman–Crippen MR) is 54.1 cm³/mol. The van der Waals surface area contributed by atoms with E-state index in [2.05, 4.69) is 18.2 Å². The van der Waals surface area contributed by atoms with Gasteiger partial charge in [-0.15, -0.1) is 0 Å². The third-order valence-electron chi connectivity index (χ3n) is 2.80. The minimum absolute atomic E-state index is 0.576. The first-order valence-electron chi connectivity index (χ1n) is 4.86. The molecular formula is C12H13NO. The van der Waals surface area contributed by atoms with Crippen molar-refractivity contribution in [1.82, 2.24) is 0 Å². The molecule has 14 heavy (non-hydrogen) atoms. The quantitative estimate of drug-likeness (QED) is 0.728. The van der Waals surface area contributed by atoms with Crippen molar-refractivity contribution in [1.29, 1.82) is 5.26 Å². The average Bonchev–Trinajstić information content (AvgIpc) is 2.98. The first-order chi connectivity index (χ1) is 6.85. The van der Waals surface area contributed by atoms with E-state index < -0.39 is 0 Å². The highest BCUT2D eigenvalue weighted by Crippen LogP contribution is 2.49. The van der Waals surface area contributed by atoms with E-state index in [0.29, 0.717) is 18.3 Å². The molecule has 0 bridgehead atoms. The van der Waals surface area contributed by atoms with Gasteiger partial charge in [-0.2, -0.15) is 5.26 Å². The average molecular weight is 187 g/mol. The summed E-state index contributed by atoms with van der Waals surface area (Å²) >= 11 is 0. The molecule has 0 aromatic heterocycles. The molecule has 0 heterocycles. The van der Waals surface area contributed by atoms with Crippen molar-refractivity contribution in [2.45, 2.75) is 18.8 Å². The Morgan fingerprint density at radius 2 is 2.43 bits per heavy atom. The van der Waals surface area contributed by atoms with E-state index in [1.54, 1.807) is 7.11 Å². The van der Waals surface area contributed by atoms with E-state index >= 15 is 0 Å². The first kappa shape index (κ1) is 9.08. The van der Waals surface area contributed by atoms with Crippen LogP contribution in [0.4, 0.5) is 0 Å². The summed E-state index contributed by atoms with van der Waals surface area (Å²) in [5.74, 6) is 2.07. The number of rotatable bonds is 3. The maximum atomic E-state index is 8.57. The van der Waals surface area contributed by atoms with Gasteiger partial charge < -0.3 is 4.74 Å². The molecule has 0 aliphatic heterocycles. The van der Waals surface area contributed by atoms with Crippen LogP contribution in [0.15, 0.2) is 24.3 Å². The first-order valence-corrected chi connectivity index (χ1v) is 4.86. The van der Waals surface area contributed by atoms with Gasteiger partial charge >= 0.3 is 0 Å². The van der Waals surface area contributed by atoms with Crippen molar-refractivity contribution in [3.05, 3.63) is 29.8 Å². The summed E-state index contributed by atoms with van der Waals surface area (Å²) in [5.41, 5.74) is 1.31. The standard InChI is InChI=1S/C12H13NO/c1-14-11-4-2-3-9(7-11)12-8-10(12)5-6-13/h2-4,7,10,12H,5,8H2,1H3/t10-,12+/m1/s1. The van der Waals surface area contributed by atoms with Crippen LogP contribution in [0.3, 0.4) is 0 Å². The highest BCUT2D eigenvalue weighted by atomic mass is 16.5. The van der Waals surface area contributed by atoms with Crippen LogP contribution in [-0.4, -0.2) is 7.11 Å². The van der Waals surface area contributed by atoms with Crippen LogP contribution in [0.25, 0.3) is 0 Å². The highest BCUT2D eigenvalue weighted by molar-refractivity contribution is 5.34. The zero-order valence-electron chi connectivity index (χ0n) is 8.23. The Kier molecular flexibility index (Phi) is 2.41. The number of hydrogen-bond donors (Lipinski definition) is 0. The fourth-order valence-electron chi connectivity index (χ4n) is 1.87. The van der Waals surface area contributed by atoms with Gasteiger partial charge in [0.25, 0.3) is 0 Å². The molecule has 1 aliphatic rings. The molecule has 0 saturated heterocycles. The van der Waals surface area contributed by atoms with E-state index in [1.165, 1.54) is 5.56 Å². The summed E-state index contributed by atoms with van der Waals surface area (Å²) in [5, 5.41) is 8.57. The second-order valence-corrected chi connectivity index (χ2v) is 3.74. The van der Waals surface area contributed by atoms with E-state index in [1.807, 2.05) is 12.1 Å². The molecule has 0 N–H and O–H groups in total. The van der Waals surface area contributed by atoms with Crippen LogP contribution < -0.4 is 4.74 Å². The zero-order chi connectivity index (χ0) is 9.97. The van der Waals surface area contributed by atoms with Crippen LogP contribution in [0.5, 0.6) is 5.75 Å². The van der Waals surface area contributed by atoms with Crippen LogP contribution in [0, 0.1) is 17.2 Å². The molecule has 0 spiro atoms. The molecule has 0 amide bonds. The number of nitrogens with zero attached hydrogens (tertiary/aromatic N) is 1. The SMILES string of the molecule is COc1cccc([C@@H]2C[C@H]2CC#N)c1. The fourth-order valence-corrected chi connectivity index (χ4v) is 1.87. The molecule has 0 unspecified atom stereocenters. The Bertz CT molecular complexity index is 367. The Hall–Kier alpha value is -1.49. The third kappa shape index (κ3) is 1.72. The maximum absolute atomic E-state index is 8.57. The van der Waals surface area contributed by atoms with Crippen molar-refractivity contribution in [3.8, 4) is 11.8 Å². The number of nitriles is 1. The van der Waals surface area contributed by atoms with Gasteiger partial charge in [-0.05, 0) is 36.0 Å². The maximum Gasteiger partial charge on any atom is 0.119 e. The van der Waals surface area contributed by atoms with E-state index in [9.17, 15) is 0 Å². The molecular weight excluding hydrogens is 174 g/mol. The molecule has 72 valence electrons. The van der Waals surface area contributed by atoms with Crippen LogP contribution in [0.2, 0.25) is 0 Å².